The Balaban J connectivity index is 2.13. The predicted octanol–water partition coefficient (Wildman–Crippen LogP) is 4.15. The Bertz CT molecular complexity index is 538. The van der Waals surface area contributed by atoms with E-state index in [1.165, 1.54) is 28.7 Å². The summed E-state index contributed by atoms with van der Waals surface area (Å²) < 4.78 is 0. The van der Waals surface area contributed by atoms with Gasteiger partial charge in [0.1, 0.15) is 0 Å². The summed E-state index contributed by atoms with van der Waals surface area (Å²) in [6.07, 6.45) is 6.89. The molecule has 0 bridgehead atoms. The van der Waals surface area contributed by atoms with Crippen molar-refractivity contribution in [3.05, 3.63) is 53.1 Å². The molecular formula is C18H22O. The average molecular weight is 254 g/mol. The Hall–Kier alpha value is -1.34. The SMILES string of the molecule is CCC(C)C1CC=CC2=C1c1ccccc1C2CO. The molecule has 0 fully saturated rings. The third kappa shape index (κ3) is 1.88. The minimum absolute atomic E-state index is 0.189. The van der Waals surface area contributed by atoms with Crippen LogP contribution in [0.25, 0.3) is 5.57 Å². The van der Waals surface area contributed by atoms with Crippen molar-refractivity contribution in [1.82, 2.24) is 0 Å². The van der Waals surface area contributed by atoms with Crippen LogP contribution in [0.15, 0.2) is 42.0 Å². The van der Waals surface area contributed by atoms with Crippen LogP contribution in [-0.4, -0.2) is 11.7 Å². The highest BCUT2D eigenvalue weighted by Crippen LogP contribution is 2.50. The molecule has 1 N–H and O–H groups in total. The van der Waals surface area contributed by atoms with Gasteiger partial charge in [0.15, 0.2) is 0 Å². The highest BCUT2D eigenvalue weighted by molar-refractivity contribution is 5.83. The third-order valence-corrected chi connectivity index (χ3v) is 4.88. The van der Waals surface area contributed by atoms with Gasteiger partial charge in [-0.05, 0) is 40.5 Å². The largest absolute Gasteiger partial charge is 0.395 e. The Morgan fingerprint density at radius 1 is 1.32 bits per heavy atom. The molecule has 3 unspecified atom stereocenters. The highest BCUT2D eigenvalue weighted by Gasteiger charge is 2.35. The second-order valence-electron chi connectivity index (χ2n) is 5.82. The van der Waals surface area contributed by atoms with Crippen molar-refractivity contribution in [1.29, 1.82) is 0 Å². The second-order valence-corrected chi connectivity index (χ2v) is 5.82. The monoisotopic (exact) mass is 254 g/mol. The lowest BCUT2D eigenvalue weighted by Gasteiger charge is -2.28. The van der Waals surface area contributed by atoms with E-state index < -0.39 is 0 Å². The van der Waals surface area contributed by atoms with Gasteiger partial charge in [-0.2, -0.15) is 0 Å². The molecule has 19 heavy (non-hydrogen) atoms. The van der Waals surface area contributed by atoms with Crippen molar-refractivity contribution in [3.8, 4) is 0 Å². The summed E-state index contributed by atoms with van der Waals surface area (Å²) in [5.74, 6) is 1.50. The molecule has 3 rings (SSSR count). The van der Waals surface area contributed by atoms with E-state index in [-0.39, 0.29) is 12.5 Å². The van der Waals surface area contributed by atoms with E-state index in [1.807, 2.05) is 0 Å². The fourth-order valence-corrected chi connectivity index (χ4v) is 3.63. The van der Waals surface area contributed by atoms with Crippen molar-refractivity contribution >= 4 is 5.57 Å². The minimum Gasteiger partial charge on any atom is -0.395 e. The Kier molecular flexibility index (Phi) is 3.32. The van der Waals surface area contributed by atoms with Gasteiger partial charge in [0.05, 0.1) is 6.61 Å². The highest BCUT2D eigenvalue weighted by atomic mass is 16.3. The fraction of sp³-hybridized carbons (Fsp3) is 0.444. The van der Waals surface area contributed by atoms with E-state index in [1.54, 1.807) is 0 Å². The van der Waals surface area contributed by atoms with Gasteiger partial charge in [-0.3, -0.25) is 0 Å². The molecule has 0 amide bonds. The van der Waals surface area contributed by atoms with Crippen molar-refractivity contribution in [3.63, 3.8) is 0 Å². The summed E-state index contributed by atoms with van der Waals surface area (Å²) in [7, 11) is 0. The number of aliphatic hydroxyl groups excluding tert-OH is 1. The van der Waals surface area contributed by atoms with Crippen LogP contribution in [0.1, 0.15) is 43.7 Å². The lowest BCUT2D eigenvalue weighted by molar-refractivity contribution is 0.281. The molecule has 3 atom stereocenters. The van der Waals surface area contributed by atoms with E-state index in [4.69, 9.17) is 0 Å². The lowest BCUT2D eigenvalue weighted by Crippen LogP contribution is -2.15. The molecule has 2 aliphatic carbocycles. The first-order valence-corrected chi connectivity index (χ1v) is 7.38. The van der Waals surface area contributed by atoms with Crippen molar-refractivity contribution in [2.45, 2.75) is 32.6 Å². The molecule has 1 aromatic carbocycles. The molecule has 1 heteroatoms. The summed E-state index contributed by atoms with van der Waals surface area (Å²) in [5, 5.41) is 9.77. The van der Waals surface area contributed by atoms with Gasteiger partial charge in [-0.15, -0.1) is 0 Å². The maximum atomic E-state index is 9.77. The third-order valence-electron chi connectivity index (χ3n) is 4.88. The van der Waals surface area contributed by atoms with Crippen LogP contribution < -0.4 is 0 Å². The molecule has 0 aromatic heterocycles. The van der Waals surface area contributed by atoms with Gasteiger partial charge >= 0.3 is 0 Å². The number of allylic oxidation sites excluding steroid dienone is 3. The number of hydrogen-bond donors (Lipinski definition) is 1. The predicted molar refractivity (Wildman–Crippen MR) is 79.9 cm³/mol. The van der Waals surface area contributed by atoms with Crippen molar-refractivity contribution < 1.29 is 5.11 Å². The number of rotatable bonds is 3. The zero-order valence-electron chi connectivity index (χ0n) is 11.8. The Morgan fingerprint density at radius 3 is 2.84 bits per heavy atom. The van der Waals surface area contributed by atoms with Gasteiger partial charge in [0, 0.05) is 5.92 Å². The fourth-order valence-electron chi connectivity index (χ4n) is 3.63. The summed E-state index contributed by atoms with van der Waals surface area (Å²) in [6, 6.07) is 8.61. The molecule has 0 aliphatic heterocycles. The summed E-state index contributed by atoms with van der Waals surface area (Å²) in [4.78, 5) is 0. The molecule has 0 radical (unpaired) electrons. The number of fused-ring (bicyclic) bond motifs is 2. The van der Waals surface area contributed by atoms with E-state index in [2.05, 4.69) is 50.3 Å². The Labute approximate surface area is 115 Å². The average Bonchev–Trinajstić information content (AvgIpc) is 2.80. The molecule has 0 spiro atoms. The standard InChI is InChI=1S/C18H22O/c1-3-12(2)13-9-6-10-16-17(11-19)14-7-4-5-8-15(14)18(13)16/h4-8,10,12-13,17,19H,3,9,11H2,1-2H3. The normalized spacial score (nSPS) is 26.3. The van der Waals surface area contributed by atoms with Crippen LogP contribution in [-0.2, 0) is 0 Å². The minimum atomic E-state index is 0.189. The smallest absolute Gasteiger partial charge is 0.0540 e. The van der Waals surface area contributed by atoms with E-state index >= 15 is 0 Å². The van der Waals surface area contributed by atoms with E-state index in [0.29, 0.717) is 11.8 Å². The molecule has 1 aromatic rings. The first-order chi connectivity index (χ1) is 9.27. The van der Waals surface area contributed by atoms with Gasteiger partial charge in [-0.1, -0.05) is 56.7 Å². The van der Waals surface area contributed by atoms with E-state index in [0.717, 1.165) is 6.42 Å². The summed E-state index contributed by atoms with van der Waals surface area (Å²) in [5.41, 5.74) is 5.56. The summed E-state index contributed by atoms with van der Waals surface area (Å²) in [6.45, 7) is 4.84. The van der Waals surface area contributed by atoms with Crippen LogP contribution in [0, 0.1) is 11.8 Å². The van der Waals surface area contributed by atoms with Gasteiger partial charge in [0.25, 0.3) is 0 Å². The first kappa shape index (κ1) is 12.7. The van der Waals surface area contributed by atoms with E-state index in [9.17, 15) is 5.11 Å². The quantitative estimate of drug-likeness (QED) is 0.859. The molecule has 100 valence electrons. The molecule has 2 aliphatic rings. The van der Waals surface area contributed by atoms with Crippen molar-refractivity contribution in [2.24, 2.45) is 11.8 Å². The van der Waals surface area contributed by atoms with Crippen molar-refractivity contribution in [2.75, 3.05) is 6.61 Å². The van der Waals surface area contributed by atoms with Crippen LogP contribution in [0.4, 0.5) is 0 Å². The topological polar surface area (TPSA) is 20.2 Å². The molecule has 0 saturated heterocycles. The molecule has 1 nitrogen and oxygen atoms in total. The molecular weight excluding hydrogens is 232 g/mol. The van der Waals surface area contributed by atoms with Gasteiger partial charge < -0.3 is 5.11 Å². The first-order valence-electron chi connectivity index (χ1n) is 7.38. The lowest BCUT2D eigenvalue weighted by atomic mass is 9.77. The number of hydrogen-bond acceptors (Lipinski definition) is 1. The van der Waals surface area contributed by atoms with Crippen LogP contribution in [0.5, 0.6) is 0 Å². The summed E-state index contributed by atoms with van der Waals surface area (Å²) >= 11 is 0. The van der Waals surface area contributed by atoms with Crippen LogP contribution in [0.3, 0.4) is 0 Å². The van der Waals surface area contributed by atoms with Gasteiger partial charge in [-0.25, -0.2) is 0 Å². The maximum Gasteiger partial charge on any atom is 0.0540 e. The zero-order valence-corrected chi connectivity index (χ0v) is 11.8. The molecule has 0 saturated carbocycles. The molecule has 0 heterocycles. The second kappa shape index (κ2) is 4.97. The van der Waals surface area contributed by atoms with Gasteiger partial charge in [0.2, 0.25) is 0 Å². The van der Waals surface area contributed by atoms with Crippen LogP contribution >= 0.6 is 0 Å². The zero-order chi connectivity index (χ0) is 13.4. The maximum absolute atomic E-state index is 9.77. The number of benzene rings is 1. The number of aliphatic hydroxyl groups is 1. The van der Waals surface area contributed by atoms with Crippen LogP contribution in [0.2, 0.25) is 0 Å². The Morgan fingerprint density at radius 2 is 2.11 bits per heavy atom.